The number of thiol groups is 1. The van der Waals surface area contributed by atoms with E-state index in [1.807, 2.05) is 6.92 Å². The van der Waals surface area contributed by atoms with Crippen LogP contribution in [0.15, 0.2) is 12.3 Å². The first-order chi connectivity index (χ1) is 5.18. The summed E-state index contributed by atoms with van der Waals surface area (Å²) < 4.78 is 20.5. The Bertz CT molecular complexity index is 312. The van der Waals surface area contributed by atoms with Crippen LogP contribution < -0.4 is 0 Å². The summed E-state index contributed by atoms with van der Waals surface area (Å²) in [6.45, 7) is 1.85. The van der Waals surface area contributed by atoms with Crippen molar-refractivity contribution in [1.82, 2.24) is 4.98 Å². The van der Waals surface area contributed by atoms with E-state index in [1.54, 1.807) is 6.07 Å². The number of aromatic nitrogens is 1. The van der Waals surface area contributed by atoms with Crippen LogP contribution in [0.1, 0.15) is 11.3 Å². The monoisotopic (exact) mass is 170 g/mol. The van der Waals surface area contributed by atoms with Crippen LogP contribution in [0.2, 0.25) is 0 Å². The van der Waals surface area contributed by atoms with Crippen molar-refractivity contribution in [3.05, 3.63) is 29.6 Å². The van der Waals surface area contributed by atoms with Crippen molar-refractivity contribution in [2.75, 3.05) is 0 Å². The van der Waals surface area contributed by atoms with Gasteiger partial charge >= 0.3 is 0 Å². The molecule has 0 aliphatic rings. The largest absolute Gasteiger partial charge is 0.260 e. The highest BCUT2D eigenvalue weighted by Gasteiger charge is 1.94. The molecule has 0 atom stereocenters. The topological polar surface area (TPSA) is 47.0 Å². The van der Waals surface area contributed by atoms with Gasteiger partial charge in [0.25, 0.3) is 0 Å². The van der Waals surface area contributed by atoms with Crippen molar-refractivity contribution < 1.29 is 8.42 Å². The molecular weight excluding hydrogens is 162 g/mol. The SMILES string of the molecule is Cc1[c]cnc(C[SH](=O)=O)c1. The van der Waals surface area contributed by atoms with Crippen molar-refractivity contribution >= 4 is 10.7 Å². The zero-order chi connectivity index (χ0) is 8.27. The minimum Gasteiger partial charge on any atom is -0.260 e. The summed E-state index contributed by atoms with van der Waals surface area (Å²) in [7, 11) is -2.37. The van der Waals surface area contributed by atoms with Gasteiger partial charge in [-0.15, -0.1) is 0 Å². The highest BCUT2D eigenvalue weighted by molar-refractivity contribution is 7.71. The summed E-state index contributed by atoms with van der Waals surface area (Å²) >= 11 is 0. The lowest BCUT2D eigenvalue weighted by molar-refractivity contribution is 0.613. The van der Waals surface area contributed by atoms with E-state index < -0.39 is 10.7 Å². The summed E-state index contributed by atoms with van der Waals surface area (Å²) in [4.78, 5) is 3.84. The van der Waals surface area contributed by atoms with Gasteiger partial charge in [-0.2, -0.15) is 0 Å². The Morgan fingerprint density at radius 2 is 2.36 bits per heavy atom. The molecule has 1 radical (unpaired) electrons. The maximum absolute atomic E-state index is 10.3. The van der Waals surface area contributed by atoms with Crippen LogP contribution in [0.3, 0.4) is 0 Å². The van der Waals surface area contributed by atoms with E-state index in [0.717, 1.165) is 5.56 Å². The fourth-order valence-corrected chi connectivity index (χ4v) is 1.20. The van der Waals surface area contributed by atoms with Crippen LogP contribution in [-0.4, -0.2) is 13.4 Å². The Morgan fingerprint density at radius 1 is 1.64 bits per heavy atom. The first kappa shape index (κ1) is 8.20. The van der Waals surface area contributed by atoms with Crippen LogP contribution in [-0.2, 0) is 16.5 Å². The van der Waals surface area contributed by atoms with Gasteiger partial charge < -0.3 is 0 Å². The van der Waals surface area contributed by atoms with Crippen molar-refractivity contribution in [3.63, 3.8) is 0 Å². The van der Waals surface area contributed by atoms with Crippen LogP contribution in [0.25, 0.3) is 0 Å². The Labute approximate surface area is 67.0 Å². The second-order valence-corrected chi connectivity index (χ2v) is 3.19. The molecule has 3 nitrogen and oxygen atoms in total. The van der Waals surface area contributed by atoms with Gasteiger partial charge in [0.15, 0.2) is 0 Å². The number of hydrogen-bond donors (Lipinski definition) is 1. The van der Waals surface area contributed by atoms with E-state index in [9.17, 15) is 8.42 Å². The molecular formula is C7H8NO2S. The van der Waals surface area contributed by atoms with Gasteiger partial charge in [0, 0.05) is 12.3 Å². The molecule has 1 aromatic rings. The average Bonchev–Trinajstić information content (AvgIpc) is 1.85. The van der Waals surface area contributed by atoms with Crippen LogP contribution in [0.5, 0.6) is 0 Å². The summed E-state index contributed by atoms with van der Waals surface area (Å²) in [5, 5.41) is 0. The predicted molar refractivity (Wildman–Crippen MR) is 41.8 cm³/mol. The normalized spacial score (nSPS) is 10.4. The second kappa shape index (κ2) is 3.48. The van der Waals surface area contributed by atoms with Gasteiger partial charge in [-0.1, -0.05) is 0 Å². The third kappa shape index (κ3) is 2.67. The molecule has 0 saturated carbocycles. The quantitative estimate of drug-likeness (QED) is 0.649. The molecule has 1 aromatic heterocycles. The smallest absolute Gasteiger partial charge is 0.145 e. The number of hydrogen-bond acceptors (Lipinski definition) is 3. The van der Waals surface area contributed by atoms with E-state index in [-0.39, 0.29) is 5.75 Å². The molecule has 0 spiro atoms. The number of rotatable bonds is 2. The second-order valence-electron chi connectivity index (χ2n) is 2.21. The molecule has 0 unspecified atom stereocenters. The minimum atomic E-state index is -2.37. The maximum atomic E-state index is 10.3. The molecule has 0 saturated heterocycles. The molecule has 0 aromatic carbocycles. The molecule has 0 aliphatic heterocycles. The molecule has 0 amide bonds. The Kier molecular flexibility index (Phi) is 2.59. The summed E-state index contributed by atoms with van der Waals surface area (Å²) in [6.07, 6.45) is 1.49. The minimum absolute atomic E-state index is 0.0187. The van der Waals surface area contributed by atoms with Crippen molar-refractivity contribution in [3.8, 4) is 0 Å². The average molecular weight is 170 g/mol. The number of pyridine rings is 1. The lowest BCUT2D eigenvalue weighted by Gasteiger charge is -1.93. The molecule has 59 valence electrons. The van der Waals surface area contributed by atoms with Crippen molar-refractivity contribution in [1.29, 1.82) is 0 Å². The zero-order valence-electron chi connectivity index (χ0n) is 6.07. The zero-order valence-corrected chi connectivity index (χ0v) is 6.97. The predicted octanol–water partition coefficient (Wildman–Crippen LogP) is 0.302. The summed E-state index contributed by atoms with van der Waals surface area (Å²) in [5.41, 5.74) is 1.49. The first-order valence-corrected chi connectivity index (χ1v) is 4.50. The summed E-state index contributed by atoms with van der Waals surface area (Å²) in [5.74, 6) is 0.0187. The van der Waals surface area contributed by atoms with Gasteiger partial charge in [0.1, 0.15) is 10.7 Å². The fourth-order valence-electron chi connectivity index (χ4n) is 0.765. The molecule has 1 rings (SSSR count). The first-order valence-electron chi connectivity index (χ1n) is 3.13. The van der Waals surface area contributed by atoms with Gasteiger partial charge in [-0.05, 0) is 18.6 Å². The Balaban J connectivity index is 2.87. The summed E-state index contributed by atoms with van der Waals surface area (Å²) in [6, 6.07) is 4.55. The fraction of sp³-hybridized carbons (Fsp3) is 0.286. The molecule has 0 bridgehead atoms. The molecule has 0 fully saturated rings. The lowest BCUT2D eigenvalue weighted by Crippen LogP contribution is -1.91. The molecule has 11 heavy (non-hydrogen) atoms. The molecule has 4 heteroatoms. The van der Waals surface area contributed by atoms with Gasteiger partial charge in [-0.3, -0.25) is 4.98 Å². The molecule has 1 heterocycles. The van der Waals surface area contributed by atoms with Crippen LogP contribution in [0.4, 0.5) is 0 Å². The van der Waals surface area contributed by atoms with E-state index in [4.69, 9.17) is 0 Å². The number of nitrogens with zero attached hydrogens (tertiary/aromatic N) is 1. The lowest BCUT2D eigenvalue weighted by atomic mass is 10.3. The van der Waals surface area contributed by atoms with Crippen LogP contribution in [0, 0.1) is 13.0 Å². The van der Waals surface area contributed by atoms with Gasteiger partial charge in [-0.25, -0.2) is 8.42 Å². The number of aryl methyl sites for hydroxylation is 1. The molecule has 0 N–H and O–H groups in total. The third-order valence-electron chi connectivity index (χ3n) is 1.20. The van der Waals surface area contributed by atoms with E-state index >= 15 is 0 Å². The highest BCUT2D eigenvalue weighted by atomic mass is 32.2. The van der Waals surface area contributed by atoms with Crippen LogP contribution >= 0.6 is 0 Å². The Morgan fingerprint density at radius 3 is 2.91 bits per heavy atom. The van der Waals surface area contributed by atoms with Crippen molar-refractivity contribution in [2.24, 2.45) is 0 Å². The Hall–Kier alpha value is -0.900. The van der Waals surface area contributed by atoms with Gasteiger partial charge in [0.2, 0.25) is 0 Å². The maximum Gasteiger partial charge on any atom is 0.145 e. The standard InChI is InChI=1S/C7H8NO2S/c1-6-2-3-8-7(4-6)5-11(9)10/h3-4,11H,5H2,1H3. The third-order valence-corrected chi connectivity index (χ3v) is 1.78. The van der Waals surface area contributed by atoms with E-state index in [2.05, 4.69) is 11.1 Å². The van der Waals surface area contributed by atoms with Crippen molar-refractivity contribution in [2.45, 2.75) is 12.7 Å². The van der Waals surface area contributed by atoms with E-state index in [0.29, 0.717) is 5.69 Å². The highest BCUT2D eigenvalue weighted by Crippen LogP contribution is 1.99. The van der Waals surface area contributed by atoms with Gasteiger partial charge in [0.05, 0.1) is 11.4 Å². The van der Waals surface area contributed by atoms with E-state index in [1.165, 1.54) is 6.20 Å². The molecule has 0 aliphatic carbocycles.